The summed E-state index contributed by atoms with van der Waals surface area (Å²) in [4.78, 5) is 28.8. The van der Waals surface area contributed by atoms with Crippen molar-refractivity contribution in [2.75, 3.05) is 20.8 Å². The molecule has 1 saturated heterocycles. The van der Waals surface area contributed by atoms with Crippen molar-refractivity contribution in [1.29, 1.82) is 0 Å². The first kappa shape index (κ1) is 22.9. The van der Waals surface area contributed by atoms with Gasteiger partial charge in [0.15, 0.2) is 12.6 Å². The van der Waals surface area contributed by atoms with Gasteiger partial charge in [-0.2, -0.15) is 0 Å². The van der Waals surface area contributed by atoms with Crippen molar-refractivity contribution in [2.45, 2.75) is 50.3 Å². The second kappa shape index (κ2) is 10.9. The molecule has 7 nitrogen and oxygen atoms in total. The zero-order chi connectivity index (χ0) is 20.4. The molecule has 9 heteroatoms. The molecular formula is C18H27F2N3O4. The van der Waals surface area contributed by atoms with Gasteiger partial charge in [0.05, 0.1) is 16.9 Å². The minimum atomic E-state index is -2.66. The number of carbonyl (C=O) groups excluding carboxylic acids is 2. The Bertz CT molecular complexity index is 591. The molecule has 0 bridgehead atoms. The second-order valence-corrected chi connectivity index (χ2v) is 6.32. The van der Waals surface area contributed by atoms with Gasteiger partial charge < -0.3 is 20.5 Å². The quantitative estimate of drug-likeness (QED) is 0.389. The molecule has 2 rings (SSSR count). The number of aliphatic hydroxyl groups excluding tert-OH is 1. The average Bonchev–Trinajstić information content (AvgIpc) is 2.66. The van der Waals surface area contributed by atoms with E-state index in [0.29, 0.717) is 25.6 Å². The third-order valence-electron chi connectivity index (χ3n) is 4.40. The van der Waals surface area contributed by atoms with E-state index in [2.05, 4.69) is 4.99 Å². The van der Waals surface area contributed by atoms with Gasteiger partial charge >= 0.3 is 0 Å². The number of aliphatic hydroxyl groups is 1. The summed E-state index contributed by atoms with van der Waals surface area (Å²) >= 11 is 0. The molecule has 27 heavy (non-hydrogen) atoms. The minimum absolute atomic E-state index is 0.0554. The molecular weight excluding hydrogens is 360 g/mol. The van der Waals surface area contributed by atoms with E-state index in [9.17, 15) is 18.4 Å². The number of ether oxygens (including phenoxy) is 1. The molecule has 152 valence electrons. The summed E-state index contributed by atoms with van der Waals surface area (Å²) in [6.45, 7) is 0.557. The maximum atomic E-state index is 13.0. The molecule has 0 amide bonds. The van der Waals surface area contributed by atoms with Crippen molar-refractivity contribution in [3.05, 3.63) is 23.5 Å². The fourth-order valence-electron chi connectivity index (χ4n) is 2.85. The Labute approximate surface area is 157 Å². The highest BCUT2D eigenvalue weighted by atomic mass is 19.3. The zero-order valence-electron chi connectivity index (χ0n) is 15.6. The standard InChI is InChI=1S/C17H23F2N3O3.CH4O/c1-22(14-6-17(18,19)7-14)9-13(11-24)16(12(8-20)10-23)21-15-4-2-3-5-25-15;1-2/h8-11,14-15H,2-7,20H2,1H3;2H,1H3/b12-8-,13-9-,21-16-;. The highest BCUT2D eigenvalue weighted by molar-refractivity contribution is 6.30. The summed E-state index contributed by atoms with van der Waals surface area (Å²) in [5.74, 6) is -2.66. The van der Waals surface area contributed by atoms with Crippen LogP contribution in [0.25, 0.3) is 0 Å². The lowest BCUT2D eigenvalue weighted by atomic mass is 9.87. The normalized spacial score (nSPS) is 23.6. The first-order valence-corrected chi connectivity index (χ1v) is 8.69. The third-order valence-corrected chi connectivity index (χ3v) is 4.40. The SMILES string of the molecule is CN(\C=C(C=O)/C(=N\C1CCCCO1)C(/C=O)=C\N)C1CC(F)(F)C1.CO. The fourth-order valence-corrected chi connectivity index (χ4v) is 2.85. The number of hydrogen-bond donors (Lipinski definition) is 2. The summed E-state index contributed by atoms with van der Waals surface area (Å²) in [6, 6.07) is -0.362. The van der Waals surface area contributed by atoms with E-state index >= 15 is 0 Å². The minimum Gasteiger partial charge on any atom is -0.404 e. The van der Waals surface area contributed by atoms with Crippen LogP contribution in [0.4, 0.5) is 8.78 Å². The first-order chi connectivity index (χ1) is 12.9. The van der Waals surface area contributed by atoms with Crippen LogP contribution in [0, 0.1) is 0 Å². The molecule has 1 heterocycles. The Morgan fingerprint density at radius 3 is 2.30 bits per heavy atom. The number of nitrogens with zero attached hydrogens (tertiary/aromatic N) is 2. The van der Waals surface area contributed by atoms with Gasteiger partial charge in [-0.3, -0.25) is 14.6 Å². The molecule has 1 aliphatic heterocycles. The van der Waals surface area contributed by atoms with Crippen LogP contribution in [0.5, 0.6) is 0 Å². The maximum Gasteiger partial charge on any atom is 0.252 e. The van der Waals surface area contributed by atoms with Gasteiger partial charge in [-0.05, 0) is 19.3 Å². The summed E-state index contributed by atoms with van der Waals surface area (Å²) in [7, 11) is 2.62. The van der Waals surface area contributed by atoms with E-state index in [1.165, 1.54) is 6.20 Å². The van der Waals surface area contributed by atoms with Crippen molar-refractivity contribution < 1.29 is 28.2 Å². The highest BCUT2D eigenvalue weighted by Gasteiger charge is 2.46. The lowest BCUT2D eigenvalue weighted by Crippen LogP contribution is -2.47. The monoisotopic (exact) mass is 387 g/mol. The van der Waals surface area contributed by atoms with Gasteiger partial charge in [-0.25, -0.2) is 8.78 Å². The van der Waals surface area contributed by atoms with Crippen LogP contribution in [0.3, 0.4) is 0 Å². The highest BCUT2D eigenvalue weighted by Crippen LogP contribution is 2.40. The molecule has 1 aliphatic carbocycles. The van der Waals surface area contributed by atoms with Gasteiger partial charge in [0.25, 0.3) is 5.92 Å². The lowest BCUT2D eigenvalue weighted by molar-refractivity contribution is -0.112. The molecule has 0 aromatic heterocycles. The Kier molecular flexibility index (Phi) is 9.23. The van der Waals surface area contributed by atoms with Crippen LogP contribution in [0.1, 0.15) is 32.1 Å². The maximum absolute atomic E-state index is 13.0. The Morgan fingerprint density at radius 2 is 1.85 bits per heavy atom. The number of aldehydes is 2. The number of nitrogens with two attached hydrogens (primary N) is 1. The van der Waals surface area contributed by atoms with Gasteiger partial charge in [0.1, 0.15) is 6.23 Å². The summed E-state index contributed by atoms with van der Waals surface area (Å²) in [5.41, 5.74) is 5.76. The number of alkyl halides is 2. The largest absolute Gasteiger partial charge is 0.404 e. The molecule has 0 spiro atoms. The number of allylic oxidation sites excluding steroid dienone is 2. The number of hydrogen-bond acceptors (Lipinski definition) is 7. The van der Waals surface area contributed by atoms with Crippen LogP contribution in [0.2, 0.25) is 0 Å². The van der Waals surface area contributed by atoms with Crippen molar-refractivity contribution in [1.82, 2.24) is 4.90 Å². The van der Waals surface area contributed by atoms with Crippen molar-refractivity contribution in [2.24, 2.45) is 10.7 Å². The molecule has 2 fully saturated rings. The van der Waals surface area contributed by atoms with Crippen molar-refractivity contribution in [3.63, 3.8) is 0 Å². The molecule has 0 aromatic rings. The number of aliphatic imine (C=N–C) groups is 1. The number of halogens is 2. The Morgan fingerprint density at radius 1 is 1.22 bits per heavy atom. The molecule has 1 saturated carbocycles. The van der Waals surface area contributed by atoms with Crippen LogP contribution in [-0.2, 0) is 14.3 Å². The Balaban J connectivity index is 0.00000176. The van der Waals surface area contributed by atoms with E-state index in [4.69, 9.17) is 15.6 Å². The fraction of sp³-hybridized carbons (Fsp3) is 0.611. The molecule has 0 radical (unpaired) electrons. The summed E-state index contributed by atoms with van der Waals surface area (Å²) < 4.78 is 31.6. The molecule has 1 atom stereocenters. The average molecular weight is 387 g/mol. The van der Waals surface area contributed by atoms with E-state index in [0.717, 1.165) is 26.2 Å². The van der Waals surface area contributed by atoms with Crippen molar-refractivity contribution >= 4 is 18.3 Å². The van der Waals surface area contributed by atoms with Gasteiger partial charge in [-0.1, -0.05) is 0 Å². The smallest absolute Gasteiger partial charge is 0.252 e. The van der Waals surface area contributed by atoms with Crippen LogP contribution < -0.4 is 5.73 Å². The predicted molar refractivity (Wildman–Crippen MR) is 97.4 cm³/mol. The van der Waals surface area contributed by atoms with E-state index in [-0.39, 0.29) is 35.7 Å². The van der Waals surface area contributed by atoms with Gasteiger partial charge in [0, 0.05) is 52.0 Å². The van der Waals surface area contributed by atoms with Gasteiger partial charge in [-0.15, -0.1) is 0 Å². The van der Waals surface area contributed by atoms with Crippen molar-refractivity contribution in [3.8, 4) is 0 Å². The topological polar surface area (TPSA) is 105 Å². The summed E-state index contributed by atoms with van der Waals surface area (Å²) in [6.07, 6.45) is 5.11. The summed E-state index contributed by atoms with van der Waals surface area (Å²) in [5, 5.41) is 7.00. The molecule has 3 N–H and O–H groups in total. The molecule has 1 unspecified atom stereocenters. The van der Waals surface area contributed by atoms with Gasteiger partial charge in [0.2, 0.25) is 0 Å². The number of rotatable bonds is 7. The predicted octanol–water partition coefficient (Wildman–Crippen LogP) is 1.42. The van der Waals surface area contributed by atoms with Crippen LogP contribution in [-0.4, -0.2) is 67.2 Å². The van der Waals surface area contributed by atoms with Crippen LogP contribution >= 0.6 is 0 Å². The van der Waals surface area contributed by atoms with E-state index < -0.39 is 12.2 Å². The molecule has 0 aromatic carbocycles. The Hall–Kier alpha value is -2.13. The van der Waals surface area contributed by atoms with E-state index in [1.54, 1.807) is 11.9 Å². The first-order valence-electron chi connectivity index (χ1n) is 8.69. The zero-order valence-corrected chi connectivity index (χ0v) is 15.6. The lowest BCUT2D eigenvalue weighted by Gasteiger charge is -2.40. The number of carbonyl (C=O) groups is 2. The van der Waals surface area contributed by atoms with E-state index in [1.807, 2.05) is 0 Å². The molecule has 2 aliphatic rings. The third kappa shape index (κ3) is 6.51. The second-order valence-electron chi connectivity index (χ2n) is 6.32. The van der Waals surface area contributed by atoms with Crippen LogP contribution in [0.15, 0.2) is 28.5 Å².